The number of benzene rings is 1. The van der Waals surface area contributed by atoms with Gasteiger partial charge in [0.05, 0.1) is 5.02 Å². The van der Waals surface area contributed by atoms with Crippen molar-refractivity contribution >= 4 is 28.9 Å². The molecular weight excluding hydrogens is 188 g/mol. The second-order valence-electron chi connectivity index (χ2n) is 2.87. The molecule has 1 heterocycles. The third kappa shape index (κ3) is 1.23. The monoisotopic (exact) mass is 194 g/mol. The smallest absolute Gasteiger partial charge is 0.185 e. The molecule has 0 saturated carbocycles. The Bertz CT molecular complexity index is 432. The molecule has 0 unspecified atom stereocenters. The summed E-state index contributed by atoms with van der Waals surface area (Å²) in [6.07, 6.45) is 0.676. The summed E-state index contributed by atoms with van der Waals surface area (Å²) in [6.45, 7) is 1.91. The van der Waals surface area contributed by atoms with Crippen LogP contribution in [0.4, 0.5) is 0 Å². The Morgan fingerprint density at radius 3 is 2.85 bits per heavy atom. The Balaban J connectivity index is 2.87. The van der Waals surface area contributed by atoms with Crippen LogP contribution in [0.3, 0.4) is 0 Å². The SMILES string of the molecule is Cc1ccc(Cl)c2cc(C=O)oc12. The fourth-order valence-corrected chi connectivity index (χ4v) is 1.51. The first kappa shape index (κ1) is 8.32. The first-order valence-corrected chi connectivity index (χ1v) is 4.24. The third-order valence-corrected chi connectivity index (χ3v) is 2.29. The van der Waals surface area contributed by atoms with E-state index in [1.165, 1.54) is 0 Å². The molecule has 0 atom stereocenters. The molecule has 0 aliphatic carbocycles. The molecule has 0 N–H and O–H groups in total. The standard InChI is InChI=1S/C10H7ClO2/c1-6-2-3-9(11)8-4-7(5-12)13-10(6)8/h2-5H,1H3. The summed E-state index contributed by atoms with van der Waals surface area (Å²) in [5.41, 5.74) is 1.67. The normalized spacial score (nSPS) is 10.6. The maximum atomic E-state index is 10.5. The van der Waals surface area contributed by atoms with Gasteiger partial charge in [0.25, 0.3) is 0 Å². The number of hydrogen-bond acceptors (Lipinski definition) is 2. The van der Waals surface area contributed by atoms with Gasteiger partial charge in [-0.25, -0.2) is 0 Å². The van der Waals surface area contributed by atoms with E-state index in [9.17, 15) is 4.79 Å². The van der Waals surface area contributed by atoms with Gasteiger partial charge in [-0.05, 0) is 24.6 Å². The van der Waals surface area contributed by atoms with E-state index in [1.54, 1.807) is 12.1 Å². The van der Waals surface area contributed by atoms with Crippen LogP contribution in [0.5, 0.6) is 0 Å². The first-order chi connectivity index (χ1) is 6.22. The van der Waals surface area contributed by atoms with Gasteiger partial charge in [-0.3, -0.25) is 4.79 Å². The van der Waals surface area contributed by atoms with Crippen LogP contribution in [0.15, 0.2) is 22.6 Å². The highest BCUT2D eigenvalue weighted by atomic mass is 35.5. The topological polar surface area (TPSA) is 30.2 Å². The molecule has 0 fully saturated rings. The molecule has 1 aromatic carbocycles. The van der Waals surface area contributed by atoms with Crippen molar-refractivity contribution in [3.63, 3.8) is 0 Å². The van der Waals surface area contributed by atoms with Gasteiger partial charge in [0.1, 0.15) is 5.58 Å². The summed E-state index contributed by atoms with van der Waals surface area (Å²) in [7, 11) is 0. The van der Waals surface area contributed by atoms with E-state index in [1.807, 2.05) is 13.0 Å². The van der Waals surface area contributed by atoms with Gasteiger partial charge in [0.15, 0.2) is 12.0 Å². The zero-order valence-electron chi connectivity index (χ0n) is 7.00. The van der Waals surface area contributed by atoms with Crippen LogP contribution < -0.4 is 0 Å². The van der Waals surface area contributed by atoms with Crippen LogP contribution in [0.2, 0.25) is 5.02 Å². The molecular formula is C10H7ClO2. The number of carbonyl (C=O) groups excluding carboxylic acids is 1. The lowest BCUT2D eigenvalue weighted by atomic mass is 10.2. The van der Waals surface area contributed by atoms with Crippen LogP contribution in [0.1, 0.15) is 16.1 Å². The zero-order valence-corrected chi connectivity index (χ0v) is 7.76. The van der Waals surface area contributed by atoms with Gasteiger partial charge < -0.3 is 4.42 Å². The van der Waals surface area contributed by atoms with E-state index >= 15 is 0 Å². The maximum Gasteiger partial charge on any atom is 0.185 e. The Morgan fingerprint density at radius 1 is 1.46 bits per heavy atom. The molecule has 0 radical (unpaired) electrons. The van der Waals surface area contributed by atoms with E-state index < -0.39 is 0 Å². The molecule has 0 bridgehead atoms. The molecule has 0 aliphatic rings. The van der Waals surface area contributed by atoms with Crippen molar-refractivity contribution in [1.82, 2.24) is 0 Å². The molecule has 3 heteroatoms. The number of fused-ring (bicyclic) bond motifs is 1. The number of rotatable bonds is 1. The van der Waals surface area contributed by atoms with Crippen LogP contribution in [0.25, 0.3) is 11.0 Å². The van der Waals surface area contributed by atoms with E-state index in [2.05, 4.69) is 0 Å². The van der Waals surface area contributed by atoms with E-state index in [0.717, 1.165) is 10.9 Å². The Morgan fingerprint density at radius 2 is 2.23 bits per heavy atom. The van der Waals surface area contributed by atoms with Crippen molar-refractivity contribution in [2.45, 2.75) is 6.92 Å². The van der Waals surface area contributed by atoms with Crippen molar-refractivity contribution in [1.29, 1.82) is 0 Å². The highest BCUT2D eigenvalue weighted by Crippen LogP contribution is 2.28. The summed E-state index contributed by atoms with van der Waals surface area (Å²) in [6, 6.07) is 5.31. The number of hydrogen-bond donors (Lipinski definition) is 0. The molecule has 0 saturated heterocycles. The zero-order chi connectivity index (χ0) is 9.42. The minimum Gasteiger partial charge on any atom is -0.453 e. The van der Waals surface area contributed by atoms with Crippen LogP contribution in [-0.4, -0.2) is 6.29 Å². The average molecular weight is 195 g/mol. The number of furan rings is 1. The average Bonchev–Trinajstić information content (AvgIpc) is 2.56. The number of aldehydes is 1. The maximum absolute atomic E-state index is 10.5. The molecule has 13 heavy (non-hydrogen) atoms. The predicted molar refractivity (Wildman–Crippen MR) is 51.3 cm³/mol. The molecule has 2 nitrogen and oxygen atoms in total. The highest BCUT2D eigenvalue weighted by Gasteiger charge is 2.08. The molecule has 2 aromatic rings. The molecule has 0 aliphatic heterocycles. The highest BCUT2D eigenvalue weighted by molar-refractivity contribution is 6.35. The van der Waals surface area contributed by atoms with E-state index in [-0.39, 0.29) is 0 Å². The second-order valence-corrected chi connectivity index (χ2v) is 3.28. The lowest BCUT2D eigenvalue weighted by molar-refractivity contribution is 0.110. The fraction of sp³-hybridized carbons (Fsp3) is 0.100. The summed E-state index contributed by atoms with van der Waals surface area (Å²) in [5, 5.41) is 1.40. The van der Waals surface area contributed by atoms with Crippen molar-refractivity contribution in [2.75, 3.05) is 0 Å². The lowest BCUT2D eigenvalue weighted by Crippen LogP contribution is -1.72. The second kappa shape index (κ2) is 2.89. The van der Waals surface area contributed by atoms with Crippen molar-refractivity contribution in [3.05, 3.63) is 34.5 Å². The minimum absolute atomic E-state index is 0.311. The molecule has 1 aromatic heterocycles. The molecule has 0 amide bonds. The number of aryl methyl sites for hydroxylation is 1. The van der Waals surface area contributed by atoms with Crippen molar-refractivity contribution < 1.29 is 9.21 Å². The predicted octanol–water partition coefficient (Wildman–Crippen LogP) is 3.21. The van der Waals surface area contributed by atoms with Crippen LogP contribution in [0, 0.1) is 6.92 Å². The van der Waals surface area contributed by atoms with Crippen LogP contribution >= 0.6 is 11.6 Å². The molecule has 0 spiro atoms. The lowest BCUT2D eigenvalue weighted by Gasteiger charge is -1.94. The Labute approximate surface area is 80.1 Å². The van der Waals surface area contributed by atoms with Crippen molar-refractivity contribution in [3.8, 4) is 0 Å². The Kier molecular flexibility index (Phi) is 1.85. The van der Waals surface area contributed by atoms with Gasteiger partial charge in [0.2, 0.25) is 0 Å². The summed E-state index contributed by atoms with van der Waals surface area (Å²) in [5.74, 6) is 0.311. The summed E-state index contributed by atoms with van der Waals surface area (Å²) in [4.78, 5) is 10.5. The van der Waals surface area contributed by atoms with Gasteiger partial charge >= 0.3 is 0 Å². The van der Waals surface area contributed by atoms with E-state index in [0.29, 0.717) is 22.7 Å². The third-order valence-electron chi connectivity index (χ3n) is 1.96. The van der Waals surface area contributed by atoms with Crippen LogP contribution in [-0.2, 0) is 0 Å². The summed E-state index contributed by atoms with van der Waals surface area (Å²) < 4.78 is 5.28. The number of halogens is 1. The van der Waals surface area contributed by atoms with Gasteiger partial charge in [0, 0.05) is 5.39 Å². The quantitative estimate of drug-likeness (QED) is 0.653. The van der Waals surface area contributed by atoms with Gasteiger partial charge in [-0.2, -0.15) is 0 Å². The Hall–Kier alpha value is -1.28. The summed E-state index contributed by atoms with van der Waals surface area (Å²) >= 11 is 5.92. The van der Waals surface area contributed by atoms with Crippen molar-refractivity contribution in [2.24, 2.45) is 0 Å². The van der Waals surface area contributed by atoms with Gasteiger partial charge in [-0.15, -0.1) is 0 Å². The number of carbonyl (C=O) groups is 1. The molecule has 2 rings (SSSR count). The largest absolute Gasteiger partial charge is 0.453 e. The minimum atomic E-state index is 0.311. The fourth-order valence-electron chi connectivity index (χ4n) is 1.30. The van der Waals surface area contributed by atoms with E-state index in [4.69, 9.17) is 16.0 Å². The first-order valence-electron chi connectivity index (χ1n) is 3.86. The molecule has 66 valence electrons. The van der Waals surface area contributed by atoms with Gasteiger partial charge in [-0.1, -0.05) is 17.7 Å².